The SMILES string of the molecule is CCCCCCCCCCCCCCCC(=O)OC[C@H](COP(=O)(O)OC[C@@H](O)COP(=O)(O)OC[C@@H](COC(=O)CCCCCCCCCCCC)OC(=O)CCCCCCCCCCC(C)C)OC(=O)CCCCCCCCCCCCC(C)CC. The van der Waals surface area contributed by atoms with E-state index in [0.717, 1.165) is 102 Å². The van der Waals surface area contributed by atoms with Gasteiger partial charge in [0, 0.05) is 25.7 Å². The molecule has 88 heavy (non-hydrogen) atoms. The van der Waals surface area contributed by atoms with Crippen molar-refractivity contribution in [3.05, 3.63) is 0 Å². The van der Waals surface area contributed by atoms with E-state index >= 15 is 0 Å². The third kappa shape index (κ3) is 61.6. The molecule has 3 N–H and O–H groups in total. The van der Waals surface area contributed by atoms with E-state index in [9.17, 15) is 43.2 Å². The number of aliphatic hydroxyl groups is 1. The largest absolute Gasteiger partial charge is 0.472 e. The first-order valence-electron chi connectivity index (χ1n) is 36.0. The van der Waals surface area contributed by atoms with Crippen LogP contribution in [0.15, 0.2) is 0 Å². The van der Waals surface area contributed by atoms with Crippen LogP contribution < -0.4 is 0 Å². The Bertz CT molecular complexity index is 1720. The van der Waals surface area contributed by atoms with Gasteiger partial charge in [-0.25, -0.2) is 9.13 Å². The molecule has 0 spiro atoms. The van der Waals surface area contributed by atoms with E-state index in [-0.39, 0.29) is 25.7 Å². The first-order valence-corrected chi connectivity index (χ1v) is 39.0. The van der Waals surface area contributed by atoms with Crippen molar-refractivity contribution < 1.29 is 80.2 Å². The van der Waals surface area contributed by atoms with Gasteiger partial charge < -0.3 is 33.8 Å². The van der Waals surface area contributed by atoms with Gasteiger partial charge in [0.15, 0.2) is 12.2 Å². The molecule has 0 radical (unpaired) electrons. The fraction of sp³-hybridized carbons (Fsp3) is 0.942. The summed E-state index contributed by atoms with van der Waals surface area (Å²) in [6.07, 6.45) is 45.7. The van der Waals surface area contributed by atoms with Gasteiger partial charge in [-0.3, -0.25) is 37.3 Å². The molecule has 0 aromatic rings. The Morgan fingerprint density at radius 2 is 0.580 bits per heavy atom. The predicted molar refractivity (Wildman–Crippen MR) is 354 cm³/mol. The molecule has 0 aliphatic rings. The smallest absolute Gasteiger partial charge is 0.462 e. The molecule has 0 bridgehead atoms. The fourth-order valence-electron chi connectivity index (χ4n) is 10.4. The zero-order valence-electron chi connectivity index (χ0n) is 57.0. The van der Waals surface area contributed by atoms with Gasteiger partial charge in [0.05, 0.1) is 26.4 Å². The van der Waals surface area contributed by atoms with Gasteiger partial charge in [-0.15, -0.1) is 0 Å². The molecule has 17 nitrogen and oxygen atoms in total. The summed E-state index contributed by atoms with van der Waals surface area (Å²) in [7, 11) is -9.90. The molecule has 19 heteroatoms. The second kappa shape index (κ2) is 61.3. The number of carbonyl (C=O) groups is 4. The Kier molecular flexibility index (Phi) is 59.9. The molecular weight excluding hydrogens is 1160 g/mol. The minimum absolute atomic E-state index is 0.105. The van der Waals surface area contributed by atoms with Crippen LogP contribution >= 0.6 is 15.6 Å². The number of phosphoric ester groups is 2. The standard InChI is InChI=1S/C69H134O17P2/c1-7-10-12-14-16-18-20-21-22-27-34-40-46-52-67(72)80-57-64(85-68(73)53-47-41-35-28-24-23-25-32-38-44-50-62(6)9-3)59-83-87(75,76)81-55-63(70)56-82-88(77,78)84-60-65(58-79-66(71)51-45-39-33-26-19-17-15-13-11-8-2)86-69(74)54-48-42-36-30-29-31-37-43-49-61(4)5/h61-65,70H,7-60H2,1-6H3,(H,75,76)(H,77,78)/t62?,63-,64-,65-/m1/s1. The maximum Gasteiger partial charge on any atom is 0.472 e. The van der Waals surface area contributed by atoms with Gasteiger partial charge in [-0.05, 0) is 37.5 Å². The van der Waals surface area contributed by atoms with Crippen molar-refractivity contribution in [2.75, 3.05) is 39.6 Å². The summed E-state index contributed by atoms with van der Waals surface area (Å²) < 4.78 is 68.2. The lowest BCUT2D eigenvalue weighted by Crippen LogP contribution is -2.30. The van der Waals surface area contributed by atoms with Gasteiger partial charge in [-0.1, -0.05) is 298 Å². The Balaban J connectivity index is 5.25. The second-order valence-electron chi connectivity index (χ2n) is 25.6. The molecule has 0 aliphatic carbocycles. The average molecular weight is 1300 g/mol. The third-order valence-electron chi connectivity index (χ3n) is 16.3. The van der Waals surface area contributed by atoms with Crippen LogP contribution in [0.5, 0.6) is 0 Å². The molecule has 6 atom stereocenters. The van der Waals surface area contributed by atoms with Gasteiger partial charge in [0.2, 0.25) is 0 Å². The summed E-state index contributed by atoms with van der Waals surface area (Å²) in [5.74, 6) is -0.605. The number of carbonyl (C=O) groups excluding carboxylic acids is 4. The topological polar surface area (TPSA) is 237 Å². The lowest BCUT2D eigenvalue weighted by Gasteiger charge is -2.21. The molecule has 3 unspecified atom stereocenters. The maximum absolute atomic E-state index is 13.0. The number of hydrogen-bond acceptors (Lipinski definition) is 15. The zero-order valence-corrected chi connectivity index (χ0v) is 58.8. The van der Waals surface area contributed by atoms with Gasteiger partial charge in [0.1, 0.15) is 19.3 Å². The first-order chi connectivity index (χ1) is 42.4. The first kappa shape index (κ1) is 86.1. The Morgan fingerprint density at radius 3 is 0.864 bits per heavy atom. The highest BCUT2D eigenvalue weighted by atomic mass is 31.2. The van der Waals surface area contributed by atoms with Crippen molar-refractivity contribution in [2.24, 2.45) is 11.8 Å². The van der Waals surface area contributed by atoms with Crippen LogP contribution in [0.2, 0.25) is 0 Å². The number of unbranched alkanes of at least 4 members (excludes halogenated alkanes) is 37. The van der Waals surface area contributed by atoms with E-state index in [1.165, 1.54) is 167 Å². The maximum atomic E-state index is 13.0. The predicted octanol–water partition coefficient (Wildman–Crippen LogP) is 19.6. The van der Waals surface area contributed by atoms with E-state index in [1.807, 2.05) is 0 Å². The van der Waals surface area contributed by atoms with E-state index in [0.29, 0.717) is 25.7 Å². The highest BCUT2D eigenvalue weighted by molar-refractivity contribution is 7.47. The van der Waals surface area contributed by atoms with Crippen molar-refractivity contribution >= 4 is 39.5 Å². The molecule has 0 aromatic carbocycles. The summed E-state index contributed by atoms with van der Waals surface area (Å²) in [4.78, 5) is 72.5. The summed E-state index contributed by atoms with van der Waals surface area (Å²) >= 11 is 0. The third-order valence-corrected chi connectivity index (χ3v) is 18.2. The summed E-state index contributed by atoms with van der Waals surface area (Å²) in [6, 6.07) is 0. The minimum atomic E-state index is -4.95. The number of aliphatic hydroxyl groups excluding tert-OH is 1. The van der Waals surface area contributed by atoms with Crippen molar-refractivity contribution in [1.82, 2.24) is 0 Å². The molecule has 0 fully saturated rings. The number of hydrogen-bond donors (Lipinski definition) is 3. The molecule has 522 valence electrons. The van der Waals surface area contributed by atoms with Crippen LogP contribution in [0.3, 0.4) is 0 Å². The highest BCUT2D eigenvalue weighted by Crippen LogP contribution is 2.45. The zero-order chi connectivity index (χ0) is 65.0. The van der Waals surface area contributed by atoms with Crippen LogP contribution in [0, 0.1) is 11.8 Å². The molecule has 0 saturated carbocycles. The van der Waals surface area contributed by atoms with Gasteiger partial charge in [0.25, 0.3) is 0 Å². The average Bonchev–Trinajstić information content (AvgIpc) is 3.60. The van der Waals surface area contributed by atoms with Crippen LogP contribution in [-0.4, -0.2) is 96.7 Å². The molecule has 0 aromatic heterocycles. The van der Waals surface area contributed by atoms with Crippen LogP contribution in [-0.2, 0) is 65.4 Å². The van der Waals surface area contributed by atoms with E-state index in [4.69, 9.17) is 37.0 Å². The lowest BCUT2D eigenvalue weighted by molar-refractivity contribution is -0.161. The normalized spacial score (nSPS) is 14.5. The quantitative estimate of drug-likeness (QED) is 0.0222. The van der Waals surface area contributed by atoms with E-state index in [1.54, 1.807) is 0 Å². The van der Waals surface area contributed by atoms with E-state index < -0.39 is 97.5 Å². The van der Waals surface area contributed by atoms with Gasteiger partial charge >= 0.3 is 39.5 Å². The Morgan fingerprint density at radius 1 is 0.330 bits per heavy atom. The number of phosphoric acid groups is 2. The fourth-order valence-corrected chi connectivity index (χ4v) is 12.0. The Hall–Kier alpha value is -1.94. The number of ether oxygens (including phenoxy) is 4. The lowest BCUT2D eigenvalue weighted by atomic mass is 9.99. The van der Waals surface area contributed by atoms with Crippen molar-refractivity contribution in [3.8, 4) is 0 Å². The summed E-state index contributed by atoms with van der Waals surface area (Å²) in [5, 5.41) is 10.6. The number of rotatable bonds is 68. The highest BCUT2D eigenvalue weighted by Gasteiger charge is 2.30. The minimum Gasteiger partial charge on any atom is -0.462 e. The summed E-state index contributed by atoms with van der Waals surface area (Å²) in [5.41, 5.74) is 0. The van der Waals surface area contributed by atoms with Crippen LogP contribution in [0.4, 0.5) is 0 Å². The Labute approximate surface area is 537 Å². The van der Waals surface area contributed by atoms with Gasteiger partial charge in [-0.2, -0.15) is 0 Å². The number of esters is 4. The van der Waals surface area contributed by atoms with Crippen molar-refractivity contribution in [3.63, 3.8) is 0 Å². The molecule has 0 saturated heterocycles. The van der Waals surface area contributed by atoms with Crippen LogP contribution in [0.1, 0.15) is 350 Å². The second-order valence-corrected chi connectivity index (χ2v) is 28.5. The molecule has 0 rings (SSSR count). The van der Waals surface area contributed by atoms with Crippen molar-refractivity contribution in [1.29, 1.82) is 0 Å². The summed E-state index contributed by atoms with van der Waals surface area (Å²) in [6.45, 7) is 9.52. The monoisotopic (exact) mass is 1300 g/mol. The van der Waals surface area contributed by atoms with Crippen LogP contribution in [0.25, 0.3) is 0 Å². The van der Waals surface area contributed by atoms with E-state index in [2.05, 4.69) is 41.5 Å². The molecule has 0 aliphatic heterocycles. The van der Waals surface area contributed by atoms with Crippen molar-refractivity contribution in [2.45, 2.75) is 368 Å². The molecule has 0 amide bonds. The molecular formula is C69H134O17P2. The molecule has 0 heterocycles.